The minimum atomic E-state index is -0.764. The van der Waals surface area contributed by atoms with Gasteiger partial charge < -0.3 is 14.4 Å². The number of esters is 1. The molecule has 1 aliphatic rings. The van der Waals surface area contributed by atoms with Crippen molar-refractivity contribution in [2.24, 2.45) is 0 Å². The van der Waals surface area contributed by atoms with Gasteiger partial charge in [-0.1, -0.05) is 6.08 Å². The molecular formula is C17H21FN2O4. The van der Waals surface area contributed by atoms with Gasteiger partial charge in [0.05, 0.1) is 7.11 Å². The van der Waals surface area contributed by atoms with Gasteiger partial charge >= 0.3 is 12.1 Å². The molecule has 130 valence electrons. The summed E-state index contributed by atoms with van der Waals surface area (Å²) in [5.41, 5.74) is 0.471. The van der Waals surface area contributed by atoms with Gasteiger partial charge in [-0.05, 0) is 44.9 Å². The first kappa shape index (κ1) is 17.9. The maximum absolute atomic E-state index is 13.4. The van der Waals surface area contributed by atoms with Gasteiger partial charge in [-0.25, -0.2) is 14.6 Å². The van der Waals surface area contributed by atoms with E-state index in [1.165, 1.54) is 19.2 Å². The maximum atomic E-state index is 13.4. The number of hydrogen-bond donors (Lipinski definition) is 0. The molecule has 2 rings (SSSR count). The highest BCUT2D eigenvalue weighted by Gasteiger charge is 2.27. The van der Waals surface area contributed by atoms with Gasteiger partial charge in [0.2, 0.25) is 5.95 Å². The van der Waals surface area contributed by atoms with Crippen molar-refractivity contribution < 1.29 is 23.5 Å². The molecule has 0 aromatic carbocycles. The smallest absolute Gasteiger partial charge is 0.410 e. The van der Waals surface area contributed by atoms with Gasteiger partial charge in [0.25, 0.3) is 0 Å². The van der Waals surface area contributed by atoms with Crippen LogP contribution in [0, 0.1) is 5.95 Å². The van der Waals surface area contributed by atoms with E-state index in [9.17, 15) is 14.0 Å². The molecule has 0 radical (unpaired) electrons. The van der Waals surface area contributed by atoms with E-state index in [-0.39, 0.29) is 12.2 Å². The Kier molecular flexibility index (Phi) is 5.21. The van der Waals surface area contributed by atoms with Crippen molar-refractivity contribution in [2.45, 2.75) is 32.8 Å². The van der Waals surface area contributed by atoms with Crippen LogP contribution < -0.4 is 0 Å². The highest BCUT2D eigenvalue weighted by Crippen LogP contribution is 2.25. The second-order valence-electron chi connectivity index (χ2n) is 6.44. The first-order valence-electron chi connectivity index (χ1n) is 7.63. The van der Waals surface area contributed by atoms with Crippen LogP contribution >= 0.6 is 0 Å². The number of methoxy groups -OCH3 is 1. The predicted octanol–water partition coefficient (Wildman–Crippen LogP) is 3.03. The van der Waals surface area contributed by atoms with Crippen LogP contribution in [0.25, 0.3) is 5.57 Å². The minimum Gasteiger partial charge on any atom is -0.464 e. The lowest BCUT2D eigenvalue weighted by molar-refractivity contribution is 0.0273. The molecule has 0 saturated heterocycles. The largest absolute Gasteiger partial charge is 0.464 e. The summed E-state index contributed by atoms with van der Waals surface area (Å²) in [6, 6.07) is 2.65. The molecule has 0 fully saturated rings. The Hall–Kier alpha value is -2.44. The molecule has 1 aromatic heterocycles. The summed E-state index contributed by atoms with van der Waals surface area (Å²) in [7, 11) is 1.21. The third-order valence-corrected chi connectivity index (χ3v) is 3.39. The number of halogens is 1. The van der Waals surface area contributed by atoms with E-state index in [0.29, 0.717) is 24.1 Å². The van der Waals surface area contributed by atoms with Gasteiger partial charge in [-0.15, -0.1) is 0 Å². The predicted molar refractivity (Wildman–Crippen MR) is 85.9 cm³/mol. The standard InChI is InChI=1S/C17H21FN2O4/c1-17(2,3)24-16(22)20-9-5-6-11(10-20)12-7-8-13(18)19-14(12)15(21)23-4/h6-8H,5,9-10H2,1-4H3. The summed E-state index contributed by atoms with van der Waals surface area (Å²) in [5.74, 6) is -1.49. The number of amides is 1. The Bertz CT molecular complexity index is 680. The molecule has 0 unspecified atom stereocenters. The molecule has 0 N–H and O–H groups in total. The molecule has 24 heavy (non-hydrogen) atoms. The molecule has 0 aliphatic carbocycles. The van der Waals surface area contributed by atoms with Crippen LogP contribution in [0.3, 0.4) is 0 Å². The fraction of sp³-hybridized carbons (Fsp3) is 0.471. The van der Waals surface area contributed by atoms with E-state index < -0.39 is 23.6 Å². The van der Waals surface area contributed by atoms with Crippen molar-refractivity contribution in [2.75, 3.05) is 20.2 Å². The number of ether oxygens (including phenoxy) is 2. The zero-order valence-corrected chi connectivity index (χ0v) is 14.3. The van der Waals surface area contributed by atoms with Gasteiger partial charge in [-0.3, -0.25) is 0 Å². The number of pyridine rings is 1. The first-order chi connectivity index (χ1) is 11.2. The van der Waals surface area contributed by atoms with E-state index in [1.54, 1.807) is 25.7 Å². The maximum Gasteiger partial charge on any atom is 0.410 e. The van der Waals surface area contributed by atoms with Crippen molar-refractivity contribution in [3.8, 4) is 0 Å². The molecular weight excluding hydrogens is 315 g/mol. The number of carbonyl (C=O) groups excluding carboxylic acids is 2. The fourth-order valence-electron chi connectivity index (χ4n) is 2.37. The molecule has 0 atom stereocenters. The monoisotopic (exact) mass is 336 g/mol. The lowest BCUT2D eigenvalue weighted by atomic mass is 9.99. The van der Waals surface area contributed by atoms with Crippen LogP contribution in [-0.4, -0.2) is 47.7 Å². The van der Waals surface area contributed by atoms with Crippen molar-refractivity contribution in [3.63, 3.8) is 0 Å². The molecule has 1 aliphatic heterocycles. The zero-order chi connectivity index (χ0) is 17.9. The fourth-order valence-corrected chi connectivity index (χ4v) is 2.37. The summed E-state index contributed by atoms with van der Waals surface area (Å²) in [6.45, 7) is 6.16. The molecule has 0 bridgehead atoms. The van der Waals surface area contributed by atoms with Gasteiger partial charge in [0.15, 0.2) is 5.69 Å². The number of carbonyl (C=O) groups is 2. The summed E-state index contributed by atoms with van der Waals surface area (Å²) in [6.07, 6.45) is 2.08. The van der Waals surface area contributed by atoms with Crippen LogP contribution in [0.15, 0.2) is 18.2 Å². The summed E-state index contributed by atoms with van der Waals surface area (Å²) in [4.78, 5) is 29.3. The van der Waals surface area contributed by atoms with Crippen LogP contribution in [-0.2, 0) is 9.47 Å². The lowest BCUT2D eigenvalue weighted by Crippen LogP contribution is -2.39. The second-order valence-corrected chi connectivity index (χ2v) is 6.44. The molecule has 2 heterocycles. The lowest BCUT2D eigenvalue weighted by Gasteiger charge is -2.30. The molecule has 7 heteroatoms. The van der Waals surface area contributed by atoms with Gasteiger partial charge in [-0.2, -0.15) is 4.39 Å². The van der Waals surface area contributed by atoms with E-state index in [4.69, 9.17) is 4.74 Å². The van der Waals surface area contributed by atoms with Crippen molar-refractivity contribution in [1.29, 1.82) is 0 Å². The van der Waals surface area contributed by atoms with E-state index in [0.717, 1.165) is 0 Å². The van der Waals surface area contributed by atoms with Crippen LogP contribution in [0.5, 0.6) is 0 Å². The van der Waals surface area contributed by atoms with Crippen molar-refractivity contribution in [3.05, 3.63) is 35.4 Å². The van der Waals surface area contributed by atoms with Crippen molar-refractivity contribution in [1.82, 2.24) is 9.88 Å². The van der Waals surface area contributed by atoms with Crippen molar-refractivity contribution >= 4 is 17.6 Å². The van der Waals surface area contributed by atoms with E-state index in [2.05, 4.69) is 9.72 Å². The van der Waals surface area contributed by atoms with Gasteiger partial charge in [0.1, 0.15) is 5.60 Å². The number of hydrogen-bond acceptors (Lipinski definition) is 5. The van der Waals surface area contributed by atoms with Crippen LogP contribution in [0.2, 0.25) is 0 Å². The number of nitrogens with zero attached hydrogens (tertiary/aromatic N) is 2. The molecule has 6 nitrogen and oxygen atoms in total. The Morgan fingerprint density at radius 2 is 2.00 bits per heavy atom. The second kappa shape index (κ2) is 6.98. The highest BCUT2D eigenvalue weighted by molar-refractivity contribution is 5.94. The Morgan fingerprint density at radius 3 is 2.62 bits per heavy atom. The average molecular weight is 336 g/mol. The number of aromatic nitrogens is 1. The zero-order valence-electron chi connectivity index (χ0n) is 14.3. The quantitative estimate of drug-likeness (QED) is 0.613. The Balaban J connectivity index is 2.26. The number of rotatable bonds is 2. The summed E-state index contributed by atoms with van der Waals surface area (Å²) < 4.78 is 23.4. The van der Waals surface area contributed by atoms with E-state index in [1.807, 2.05) is 6.08 Å². The molecule has 0 saturated carbocycles. The highest BCUT2D eigenvalue weighted by atomic mass is 19.1. The van der Waals surface area contributed by atoms with Crippen LogP contribution in [0.4, 0.5) is 9.18 Å². The normalized spacial score (nSPS) is 14.9. The third kappa shape index (κ3) is 4.31. The topological polar surface area (TPSA) is 68.7 Å². The third-order valence-electron chi connectivity index (χ3n) is 3.39. The van der Waals surface area contributed by atoms with E-state index >= 15 is 0 Å². The summed E-state index contributed by atoms with van der Waals surface area (Å²) in [5, 5.41) is 0. The molecule has 1 amide bonds. The first-order valence-corrected chi connectivity index (χ1v) is 7.63. The summed E-state index contributed by atoms with van der Waals surface area (Å²) >= 11 is 0. The average Bonchev–Trinajstić information content (AvgIpc) is 2.52. The van der Waals surface area contributed by atoms with Gasteiger partial charge in [0, 0.05) is 18.7 Å². The Labute approximate surface area is 140 Å². The molecule has 0 spiro atoms. The minimum absolute atomic E-state index is 0.102. The SMILES string of the molecule is COC(=O)c1nc(F)ccc1C1=CCCN(C(=O)OC(C)(C)C)C1. The molecule has 1 aromatic rings. The Morgan fingerprint density at radius 1 is 1.29 bits per heavy atom. The van der Waals surface area contributed by atoms with Crippen LogP contribution in [0.1, 0.15) is 43.2 Å².